The van der Waals surface area contributed by atoms with Crippen molar-refractivity contribution in [3.8, 4) is 0 Å². The van der Waals surface area contributed by atoms with Crippen LogP contribution in [0.2, 0.25) is 0 Å². The Morgan fingerprint density at radius 1 is 1.32 bits per heavy atom. The van der Waals surface area contributed by atoms with Crippen LogP contribution in [0.3, 0.4) is 0 Å². The number of hydrogen-bond donors (Lipinski definition) is 2. The van der Waals surface area contributed by atoms with Crippen molar-refractivity contribution in [1.82, 2.24) is 15.7 Å². The summed E-state index contributed by atoms with van der Waals surface area (Å²) in [4.78, 5) is 43.1. The van der Waals surface area contributed by atoms with Gasteiger partial charge in [-0.05, 0) is 24.3 Å². The topological polar surface area (TPSA) is 87.7 Å². The molecule has 134 valence electrons. The Labute approximate surface area is 146 Å². The first-order chi connectivity index (χ1) is 12.0. The van der Waals surface area contributed by atoms with E-state index in [1.165, 1.54) is 0 Å². The van der Waals surface area contributed by atoms with Gasteiger partial charge in [-0.3, -0.25) is 19.3 Å². The maximum absolute atomic E-state index is 12.8. The van der Waals surface area contributed by atoms with Crippen LogP contribution in [0.5, 0.6) is 0 Å². The molecule has 1 aliphatic carbocycles. The van der Waals surface area contributed by atoms with Crippen molar-refractivity contribution in [1.29, 1.82) is 0 Å². The fraction of sp³-hybridized carbons (Fsp3) is 0.500. The first-order valence-electron chi connectivity index (χ1n) is 8.61. The number of benzene rings is 1. The van der Waals surface area contributed by atoms with Crippen LogP contribution in [0.1, 0.15) is 38.2 Å². The van der Waals surface area contributed by atoms with Gasteiger partial charge in [0.1, 0.15) is 12.1 Å². The molecule has 3 rings (SSSR count). The Morgan fingerprint density at radius 3 is 2.80 bits per heavy atom. The highest BCUT2D eigenvalue weighted by Crippen LogP contribution is 2.38. The average Bonchev–Trinajstić information content (AvgIpc) is 2.84. The SMILES string of the molecule is C[C@@H]1CCCC[C@]12NC(=O)N(CC(=O)NOCc1ccccc1)C2=O. The summed E-state index contributed by atoms with van der Waals surface area (Å²) in [7, 11) is 0. The van der Waals surface area contributed by atoms with E-state index in [0.717, 1.165) is 29.7 Å². The van der Waals surface area contributed by atoms with Gasteiger partial charge in [-0.2, -0.15) is 0 Å². The van der Waals surface area contributed by atoms with Crippen LogP contribution in [-0.4, -0.2) is 34.8 Å². The van der Waals surface area contributed by atoms with Crippen molar-refractivity contribution >= 4 is 17.8 Å². The molecular weight excluding hydrogens is 322 g/mol. The monoisotopic (exact) mass is 345 g/mol. The minimum Gasteiger partial charge on any atom is -0.323 e. The standard InChI is InChI=1S/C18H23N3O4/c1-13-7-5-6-10-18(13)16(23)21(17(24)19-18)11-15(22)20-25-12-14-8-3-2-4-9-14/h2-4,8-9,13H,5-7,10-12H2,1H3,(H,19,24)(H,20,22)/t13-,18+/m1/s1. The Bertz CT molecular complexity index is 664. The van der Waals surface area contributed by atoms with Gasteiger partial charge in [0.25, 0.3) is 11.8 Å². The van der Waals surface area contributed by atoms with Gasteiger partial charge in [-0.15, -0.1) is 0 Å². The number of amides is 4. The number of nitrogens with zero attached hydrogens (tertiary/aromatic N) is 1. The minimum atomic E-state index is -0.847. The van der Waals surface area contributed by atoms with E-state index >= 15 is 0 Å². The minimum absolute atomic E-state index is 0.0695. The first-order valence-corrected chi connectivity index (χ1v) is 8.61. The summed E-state index contributed by atoms with van der Waals surface area (Å²) in [6, 6.07) is 8.88. The zero-order valence-electron chi connectivity index (χ0n) is 14.3. The summed E-state index contributed by atoms with van der Waals surface area (Å²) in [6.07, 6.45) is 3.48. The highest BCUT2D eigenvalue weighted by Gasteiger charge is 2.55. The lowest BCUT2D eigenvalue weighted by Crippen LogP contribution is -2.54. The lowest BCUT2D eigenvalue weighted by atomic mass is 9.73. The summed E-state index contributed by atoms with van der Waals surface area (Å²) in [5.41, 5.74) is 2.35. The molecule has 0 aromatic heterocycles. The molecule has 0 unspecified atom stereocenters. The Hall–Kier alpha value is -2.41. The molecule has 25 heavy (non-hydrogen) atoms. The summed E-state index contributed by atoms with van der Waals surface area (Å²) < 4.78 is 0. The second-order valence-corrected chi connectivity index (χ2v) is 6.74. The predicted molar refractivity (Wildman–Crippen MR) is 90.0 cm³/mol. The van der Waals surface area contributed by atoms with Gasteiger partial charge in [0, 0.05) is 0 Å². The molecule has 2 N–H and O–H groups in total. The van der Waals surface area contributed by atoms with Gasteiger partial charge in [0.15, 0.2) is 0 Å². The second kappa shape index (κ2) is 7.23. The molecule has 1 aromatic carbocycles. The molecule has 1 spiro atoms. The number of carbonyl (C=O) groups excluding carboxylic acids is 3. The smallest absolute Gasteiger partial charge is 0.323 e. The number of carbonyl (C=O) groups is 3. The zero-order chi connectivity index (χ0) is 17.9. The lowest BCUT2D eigenvalue weighted by Gasteiger charge is -2.36. The van der Waals surface area contributed by atoms with Crippen molar-refractivity contribution in [2.45, 2.75) is 44.8 Å². The molecule has 7 heteroatoms. The fourth-order valence-corrected chi connectivity index (χ4v) is 3.59. The third-order valence-electron chi connectivity index (χ3n) is 5.07. The van der Waals surface area contributed by atoms with Gasteiger partial charge >= 0.3 is 6.03 Å². The molecule has 4 amide bonds. The molecule has 2 aliphatic rings. The summed E-state index contributed by atoms with van der Waals surface area (Å²) >= 11 is 0. The molecule has 0 bridgehead atoms. The van der Waals surface area contributed by atoms with Crippen molar-refractivity contribution in [2.75, 3.05) is 6.54 Å². The molecule has 2 atom stereocenters. The number of hydroxylamine groups is 1. The van der Waals surface area contributed by atoms with E-state index in [2.05, 4.69) is 10.8 Å². The van der Waals surface area contributed by atoms with Crippen LogP contribution in [-0.2, 0) is 21.0 Å². The molecule has 1 aromatic rings. The van der Waals surface area contributed by atoms with E-state index in [-0.39, 0.29) is 25.0 Å². The lowest BCUT2D eigenvalue weighted by molar-refractivity contribution is -0.142. The van der Waals surface area contributed by atoms with Crippen molar-refractivity contribution in [3.63, 3.8) is 0 Å². The van der Waals surface area contributed by atoms with Gasteiger partial charge in [0.05, 0.1) is 6.61 Å². The molecule has 2 fully saturated rings. The fourth-order valence-electron chi connectivity index (χ4n) is 3.59. The number of imide groups is 1. The van der Waals surface area contributed by atoms with E-state index in [1.54, 1.807) is 0 Å². The quantitative estimate of drug-likeness (QED) is 0.628. The summed E-state index contributed by atoms with van der Waals surface area (Å²) in [5.74, 6) is -0.761. The van der Waals surface area contributed by atoms with E-state index in [9.17, 15) is 14.4 Å². The molecule has 1 saturated heterocycles. The van der Waals surface area contributed by atoms with Gasteiger partial charge in [-0.1, -0.05) is 50.1 Å². The van der Waals surface area contributed by atoms with E-state index in [4.69, 9.17) is 4.84 Å². The van der Waals surface area contributed by atoms with Gasteiger partial charge in [-0.25, -0.2) is 10.3 Å². The second-order valence-electron chi connectivity index (χ2n) is 6.74. The van der Waals surface area contributed by atoms with Crippen LogP contribution in [0.4, 0.5) is 4.79 Å². The molecule has 7 nitrogen and oxygen atoms in total. The van der Waals surface area contributed by atoms with Crippen molar-refractivity contribution in [3.05, 3.63) is 35.9 Å². The Kier molecular flexibility index (Phi) is 5.03. The molecule has 1 aliphatic heterocycles. The highest BCUT2D eigenvalue weighted by atomic mass is 16.6. The van der Waals surface area contributed by atoms with Crippen LogP contribution in [0, 0.1) is 5.92 Å². The predicted octanol–water partition coefficient (Wildman–Crippen LogP) is 1.74. The van der Waals surface area contributed by atoms with Crippen LogP contribution in [0.25, 0.3) is 0 Å². The number of nitrogens with one attached hydrogen (secondary N) is 2. The summed E-state index contributed by atoms with van der Waals surface area (Å²) in [6.45, 7) is 1.85. The third kappa shape index (κ3) is 3.51. The Morgan fingerprint density at radius 2 is 2.08 bits per heavy atom. The van der Waals surface area contributed by atoms with Gasteiger partial charge < -0.3 is 5.32 Å². The average molecular weight is 345 g/mol. The maximum Gasteiger partial charge on any atom is 0.325 e. The van der Waals surface area contributed by atoms with E-state index in [1.807, 2.05) is 37.3 Å². The van der Waals surface area contributed by atoms with Crippen LogP contribution >= 0.6 is 0 Å². The molecule has 0 radical (unpaired) electrons. The largest absolute Gasteiger partial charge is 0.325 e. The maximum atomic E-state index is 12.8. The van der Waals surface area contributed by atoms with Crippen molar-refractivity contribution < 1.29 is 19.2 Å². The van der Waals surface area contributed by atoms with Crippen LogP contribution in [0.15, 0.2) is 30.3 Å². The van der Waals surface area contributed by atoms with Gasteiger partial charge in [0.2, 0.25) is 0 Å². The normalized spacial score (nSPS) is 26.0. The molecule has 1 heterocycles. The summed E-state index contributed by atoms with van der Waals surface area (Å²) in [5, 5.41) is 2.82. The highest BCUT2D eigenvalue weighted by molar-refractivity contribution is 6.09. The number of rotatable bonds is 5. The Balaban J connectivity index is 1.54. The van der Waals surface area contributed by atoms with Crippen LogP contribution < -0.4 is 10.8 Å². The third-order valence-corrected chi connectivity index (χ3v) is 5.07. The number of hydrogen-bond acceptors (Lipinski definition) is 4. The van der Waals surface area contributed by atoms with Crippen molar-refractivity contribution in [2.24, 2.45) is 5.92 Å². The van der Waals surface area contributed by atoms with E-state index < -0.39 is 17.5 Å². The molecular formula is C18H23N3O4. The number of urea groups is 1. The van der Waals surface area contributed by atoms with E-state index in [0.29, 0.717) is 6.42 Å². The molecule has 1 saturated carbocycles. The first kappa shape index (κ1) is 17.4. The zero-order valence-corrected chi connectivity index (χ0v) is 14.3.